The Kier molecular flexibility index (Phi) is 3.49. The molecule has 1 unspecified atom stereocenters. The molecule has 1 saturated heterocycles. The van der Waals surface area contributed by atoms with Crippen LogP contribution in [0.25, 0.3) is 0 Å². The van der Waals surface area contributed by atoms with E-state index in [1.54, 1.807) is 0 Å². The molecule has 1 aliphatic heterocycles. The largest absolute Gasteiger partial charge is 0.392 e. The zero-order valence-electron chi connectivity index (χ0n) is 10.2. The van der Waals surface area contributed by atoms with Gasteiger partial charge in [-0.1, -0.05) is 17.7 Å². The highest BCUT2D eigenvalue weighted by Gasteiger charge is 2.20. The number of anilines is 1. The van der Waals surface area contributed by atoms with Crippen LogP contribution in [0.4, 0.5) is 5.69 Å². The maximum Gasteiger partial charge on any atom is 0.0702 e. The third kappa shape index (κ3) is 2.22. The van der Waals surface area contributed by atoms with Gasteiger partial charge in [0.25, 0.3) is 0 Å². The molecule has 0 bridgehead atoms. The molecule has 0 spiro atoms. The van der Waals surface area contributed by atoms with Gasteiger partial charge in [-0.3, -0.25) is 0 Å². The molecule has 88 valence electrons. The van der Waals surface area contributed by atoms with Gasteiger partial charge in [-0.05, 0) is 39.2 Å². The van der Waals surface area contributed by atoms with Crippen molar-refractivity contribution in [3.63, 3.8) is 0 Å². The summed E-state index contributed by atoms with van der Waals surface area (Å²) in [5.74, 6) is 0. The SMILES string of the molecule is Cc1ccc(N2CCCCC2C)c(CO)c1. The third-order valence-electron chi connectivity index (χ3n) is 3.52. The molecule has 0 amide bonds. The van der Waals surface area contributed by atoms with Crippen LogP contribution in [0.1, 0.15) is 37.3 Å². The Morgan fingerprint density at radius 3 is 2.88 bits per heavy atom. The first-order chi connectivity index (χ1) is 7.72. The van der Waals surface area contributed by atoms with E-state index in [0.29, 0.717) is 6.04 Å². The number of hydrogen-bond donors (Lipinski definition) is 1. The van der Waals surface area contributed by atoms with Crippen molar-refractivity contribution in [1.82, 2.24) is 0 Å². The number of nitrogens with zero attached hydrogens (tertiary/aromatic N) is 1. The second-order valence-electron chi connectivity index (χ2n) is 4.83. The molecule has 0 aliphatic carbocycles. The topological polar surface area (TPSA) is 23.5 Å². The molecule has 2 heteroatoms. The van der Waals surface area contributed by atoms with E-state index in [-0.39, 0.29) is 6.61 Å². The maximum absolute atomic E-state index is 9.43. The highest BCUT2D eigenvalue weighted by Crippen LogP contribution is 2.28. The highest BCUT2D eigenvalue weighted by molar-refractivity contribution is 5.55. The minimum Gasteiger partial charge on any atom is -0.392 e. The second kappa shape index (κ2) is 4.88. The van der Waals surface area contributed by atoms with E-state index in [2.05, 4.69) is 36.9 Å². The molecule has 1 aromatic carbocycles. The normalized spacial score (nSPS) is 21.2. The van der Waals surface area contributed by atoms with Crippen molar-refractivity contribution in [1.29, 1.82) is 0 Å². The van der Waals surface area contributed by atoms with Gasteiger partial charge in [-0.2, -0.15) is 0 Å². The van der Waals surface area contributed by atoms with Crippen LogP contribution in [0.15, 0.2) is 18.2 Å². The van der Waals surface area contributed by atoms with E-state index in [4.69, 9.17) is 0 Å². The van der Waals surface area contributed by atoms with Crippen LogP contribution in [0.3, 0.4) is 0 Å². The molecule has 16 heavy (non-hydrogen) atoms. The van der Waals surface area contributed by atoms with Gasteiger partial charge in [-0.15, -0.1) is 0 Å². The molecule has 2 nitrogen and oxygen atoms in total. The fourth-order valence-electron chi connectivity index (χ4n) is 2.58. The lowest BCUT2D eigenvalue weighted by atomic mass is 10.0. The van der Waals surface area contributed by atoms with Crippen molar-refractivity contribution in [3.05, 3.63) is 29.3 Å². The second-order valence-corrected chi connectivity index (χ2v) is 4.83. The van der Waals surface area contributed by atoms with Crippen LogP contribution < -0.4 is 4.90 Å². The lowest BCUT2D eigenvalue weighted by Crippen LogP contribution is -2.38. The van der Waals surface area contributed by atoms with Crippen LogP contribution in [-0.2, 0) is 6.61 Å². The zero-order chi connectivity index (χ0) is 11.5. The van der Waals surface area contributed by atoms with E-state index in [1.165, 1.54) is 30.5 Å². The first-order valence-electron chi connectivity index (χ1n) is 6.19. The molecule has 1 heterocycles. The summed E-state index contributed by atoms with van der Waals surface area (Å²) in [6, 6.07) is 6.98. The minimum absolute atomic E-state index is 0.139. The Hall–Kier alpha value is -1.02. The lowest BCUT2D eigenvalue weighted by Gasteiger charge is -2.36. The molecule has 1 N–H and O–H groups in total. The van der Waals surface area contributed by atoms with Gasteiger partial charge in [0, 0.05) is 23.8 Å². The molecule has 1 aliphatic rings. The van der Waals surface area contributed by atoms with Gasteiger partial charge < -0.3 is 10.0 Å². The van der Waals surface area contributed by atoms with Crippen molar-refractivity contribution in [2.45, 2.75) is 45.8 Å². The van der Waals surface area contributed by atoms with Crippen LogP contribution >= 0.6 is 0 Å². The lowest BCUT2D eigenvalue weighted by molar-refractivity contribution is 0.281. The van der Waals surface area contributed by atoms with E-state index in [9.17, 15) is 5.11 Å². The summed E-state index contributed by atoms with van der Waals surface area (Å²) in [5.41, 5.74) is 3.51. The standard InChI is InChI=1S/C14H21NO/c1-11-6-7-14(13(9-11)10-16)15-8-4-3-5-12(15)2/h6-7,9,12,16H,3-5,8,10H2,1-2H3. The fraction of sp³-hybridized carbons (Fsp3) is 0.571. The quantitative estimate of drug-likeness (QED) is 0.826. The van der Waals surface area contributed by atoms with Crippen LogP contribution in [0.5, 0.6) is 0 Å². The Bertz CT molecular complexity index is 362. The van der Waals surface area contributed by atoms with Crippen LogP contribution in [0.2, 0.25) is 0 Å². The number of aliphatic hydroxyl groups excluding tert-OH is 1. The fourth-order valence-corrected chi connectivity index (χ4v) is 2.58. The van der Waals surface area contributed by atoms with E-state index in [0.717, 1.165) is 12.1 Å². The number of aliphatic hydroxyl groups is 1. The van der Waals surface area contributed by atoms with Crippen molar-refractivity contribution in [2.24, 2.45) is 0 Å². The van der Waals surface area contributed by atoms with Gasteiger partial charge >= 0.3 is 0 Å². The first-order valence-corrected chi connectivity index (χ1v) is 6.19. The van der Waals surface area contributed by atoms with Gasteiger partial charge in [0.1, 0.15) is 0 Å². The molecule has 1 atom stereocenters. The first kappa shape index (κ1) is 11.5. The average Bonchev–Trinajstić information content (AvgIpc) is 2.30. The monoisotopic (exact) mass is 219 g/mol. The highest BCUT2D eigenvalue weighted by atomic mass is 16.3. The van der Waals surface area contributed by atoms with Crippen LogP contribution in [-0.4, -0.2) is 17.7 Å². The van der Waals surface area contributed by atoms with Crippen molar-refractivity contribution in [3.8, 4) is 0 Å². The van der Waals surface area contributed by atoms with Crippen molar-refractivity contribution >= 4 is 5.69 Å². The smallest absolute Gasteiger partial charge is 0.0702 e. The summed E-state index contributed by atoms with van der Waals surface area (Å²) >= 11 is 0. The number of rotatable bonds is 2. The van der Waals surface area contributed by atoms with Gasteiger partial charge in [-0.25, -0.2) is 0 Å². The van der Waals surface area contributed by atoms with Gasteiger partial charge in [0.15, 0.2) is 0 Å². The van der Waals surface area contributed by atoms with E-state index in [1.807, 2.05) is 0 Å². The minimum atomic E-state index is 0.139. The molecule has 0 saturated carbocycles. The van der Waals surface area contributed by atoms with Crippen molar-refractivity contribution in [2.75, 3.05) is 11.4 Å². The molecular weight excluding hydrogens is 198 g/mol. The Balaban J connectivity index is 2.30. The predicted octanol–water partition coefficient (Wildman–Crippen LogP) is 2.87. The molecular formula is C14H21NO. The van der Waals surface area contributed by atoms with E-state index >= 15 is 0 Å². The molecule has 1 fully saturated rings. The number of aryl methyl sites for hydroxylation is 1. The summed E-state index contributed by atoms with van der Waals surface area (Å²) in [6.45, 7) is 5.61. The van der Waals surface area contributed by atoms with Gasteiger partial charge in [0.2, 0.25) is 0 Å². The summed E-state index contributed by atoms with van der Waals surface area (Å²) in [5, 5.41) is 9.43. The summed E-state index contributed by atoms with van der Waals surface area (Å²) in [7, 11) is 0. The molecule has 0 aromatic heterocycles. The molecule has 2 rings (SSSR count). The Morgan fingerprint density at radius 2 is 2.19 bits per heavy atom. The summed E-state index contributed by atoms with van der Waals surface area (Å²) in [4.78, 5) is 2.44. The third-order valence-corrected chi connectivity index (χ3v) is 3.52. The van der Waals surface area contributed by atoms with Gasteiger partial charge in [0.05, 0.1) is 6.61 Å². The van der Waals surface area contributed by atoms with Crippen molar-refractivity contribution < 1.29 is 5.11 Å². The number of piperidine rings is 1. The zero-order valence-corrected chi connectivity index (χ0v) is 10.2. The number of hydrogen-bond acceptors (Lipinski definition) is 2. The number of benzene rings is 1. The summed E-state index contributed by atoms with van der Waals surface area (Å²) < 4.78 is 0. The van der Waals surface area contributed by atoms with Crippen LogP contribution in [0, 0.1) is 6.92 Å². The molecule has 1 aromatic rings. The average molecular weight is 219 g/mol. The molecule has 0 radical (unpaired) electrons. The predicted molar refractivity (Wildman–Crippen MR) is 67.8 cm³/mol. The Morgan fingerprint density at radius 1 is 1.38 bits per heavy atom. The maximum atomic E-state index is 9.43. The van der Waals surface area contributed by atoms with E-state index < -0.39 is 0 Å². The Labute approximate surface area is 97.9 Å². The summed E-state index contributed by atoms with van der Waals surface area (Å²) in [6.07, 6.45) is 3.86.